The molecule has 0 aliphatic heterocycles. The number of aliphatic carboxylic acids is 1. The van der Waals surface area contributed by atoms with Crippen LogP contribution in [0.1, 0.15) is 32.3 Å². The maximum atomic E-state index is 13.7. The zero-order chi connectivity index (χ0) is 27.0. The molecule has 0 amide bonds. The average Bonchev–Trinajstić information content (AvgIpc) is 2.78. The number of benzene rings is 2. The highest BCUT2D eigenvalue weighted by molar-refractivity contribution is 7.99. The summed E-state index contributed by atoms with van der Waals surface area (Å²) >= 11 is 7.24. The number of carboxylic acids is 1. The van der Waals surface area contributed by atoms with Crippen LogP contribution < -0.4 is 5.73 Å². The van der Waals surface area contributed by atoms with Crippen molar-refractivity contribution in [1.82, 2.24) is 0 Å². The van der Waals surface area contributed by atoms with Crippen LogP contribution in [-0.4, -0.2) is 54.6 Å². The van der Waals surface area contributed by atoms with Gasteiger partial charge >= 0.3 is 12.1 Å². The molecule has 0 radical (unpaired) electrons. The molecule has 2 unspecified atom stereocenters. The van der Waals surface area contributed by atoms with Gasteiger partial charge in [0.2, 0.25) is 0 Å². The smallest absolute Gasteiger partial charge is 0.421 e. The van der Waals surface area contributed by atoms with E-state index in [-0.39, 0.29) is 33.4 Å². The number of halogens is 4. The average molecular weight is 556 g/mol. The third kappa shape index (κ3) is 8.38. The summed E-state index contributed by atoms with van der Waals surface area (Å²) < 4.78 is 64.5. The zero-order valence-corrected chi connectivity index (χ0v) is 21.9. The first-order valence-corrected chi connectivity index (χ1v) is 14.0. The lowest BCUT2D eigenvalue weighted by atomic mass is 9.89. The molecule has 2 aromatic rings. The Morgan fingerprint density at radius 3 is 2.14 bits per heavy atom. The van der Waals surface area contributed by atoms with Crippen molar-refractivity contribution in [3.05, 3.63) is 53.1 Å². The van der Waals surface area contributed by atoms with E-state index < -0.39 is 40.0 Å². The summed E-state index contributed by atoms with van der Waals surface area (Å²) in [6.45, 7) is 4.00. The Balaban J connectivity index is 0.00000298. The maximum absolute atomic E-state index is 13.7. The molecule has 0 spiro atoms. The molecule has 0 aliphatic carbocycles. The summed E-state index contributed by atoms with van der Waals surface area (Å²) in [6, 6.07) is 8.01. The first-order chi connectivity index (χ1) is 16.2. The van der Waals surface area contributed by atoms with Crippen LogP contribution in [0.4, 0.5) is 13.2 Å². The van der Waals surface area contributed by atoms with Gasteiger partial charge in [0.15, 0.2) is 15.4 Å². The van der Waals surface area contributed by atoms with E-state index in [1.54, 1.807) is 0 Å². The van der Waals surface area contributed by atoms with E-state index in [2.05, 4.69) is 0 Å². The maximum Gasteiger partial charge on any atom is 0.421 e. The van der Waals surface area contributed by atoms with Gasteiger partial charge in [-0.1, -0.05) is 55.8 Å². The molecule has 0 saturated heterocycles. The van der Waals surface area contributed by atoms with Crippen LogP contribution in [0.3, 0.4) is 0 Å². The summed E-state index contributed by atoms with van der Waals surface area (Å²) in [4.78, 5) is 10.7. The quantitative estimate of drug-likeness (QED) is 0.349. The van der Waals surface area contributed by atoms with Gasteiger partial charge in [0, 0.05) is 16.8 Å². The van der Waals surface area contributed by atoms with Gasteiger partial charge < -0.3 is 15.9 Å². The molecule has 0 heterocycles. The monoisotopic (exact) mass is 555 g/mol. The van der Waals surface area contributed by atoms with E-state index in [0.29, 0.717) is 11.1 Å². The minimum Gasteiger partial charge on any atom is -0.480 e. The van der Waals surface area contributed by atoms with Gasteiger partial charge in [0.25, 0.3) is 0 Å². The Kier molecular flexibility index (Phi) is 11.6. The molecule has 12 heteroatoms. The predicted octanol–water partition coefficient (Wildman–Crippen LogP) is 5.11. The highest BCUT2D eigenvalue weighted by Crippen LogP contribution is 2.43. The fraction of sp³-hybridized carbons (Fsp3) is 0.435. The number of thioether (sulfide) groups is 1. The Morgan fingerprint density at radius 2 is 1.69 bits per heavy atom. The Labute approximate surface area is 212 Å². The van der Waals surface area contributed by atoms with Crippen LogP contribution in [0, 0.1) is 0 Å². The second-order valence-corrected chi connectivity index (χ2v) is 11.1. The molecule has 196 valence electrons. The molecule has 0 aromatic heterocycles. The van der Waals surface area contributed by atoms with Crippen molar-refractivity contribution in [2.75, 3.05) is 17.8 Å². The topological polar surface area (TPSA) is 118 Å². The van der Waals surface area contributed by atoms with Crippen molar-refractivity contribution < 1.29 is 36.6 Å². The van der Waals surface area contributed by atoms with Crippen molar-refractivity contribution in [2.24, 2.45) is 5.73 Å². The normalized spacial score (nSPS) is 14.4. The molecule has 0 aliphatic rings. The van der Waals surface area contributed by atoms with Gasteiger partial charge in [0.05, 0.1) is 4.90 Å². The highest BCUT2D eigenvalue weighted by atomic mass is 35.5. The van der Waals surface area contributed by atoms with Crippen molar-refractivity contribution >= 4 is 39.2 Å². The lowest BCUT2D eigenvalue weighted by Gasteiger charge is -2.31. The SMILES string of the molecule is CC.CS(=O)(=O)c1ccc(-c2ccc(C(O)(CCSCCC(N)C(=O)O)C(F)(F)F)cc2)c(Cl)c1. The van der Waals surface area contributed by atoms with E-state index in [0.717, 1.165) is 30.2 Å². The van der Waals surface area contributed by atoms with Crippen LogP contribution in [-0.2, 0) is 20.2 Å². The van der Waals surface area contributed by atoms with Crippen molar-refractivity contribution in [3.8, 4) is 11.1 Å². The summed E-state index contributed by atoms with van der Waals surface area (Å²) in [5.41, 5.74) is 2.79. The fourth-order valence-electron chi connectivity index (χ4n) is 2.99. The van der Waals surface area contributed by atoms with Gasteiger partial charge in [-0.3, -0.25) is 4.79 Å². The number of alkyl halides is 3. The molecule has 4 N–H and O–H groups in total. The van der Waals surface area contributed by atoms with Crippen molar-refractivity contribution in [1.29, 1.82) is 0 Å². The minimum absolute atomic E-state index is 0.0149. The second kappa shape index (κ2) is 13.0. The third-order valence-corrected chi connectivity index (χ3v) is 7.45. The Hall–Kier alpha value is -1.79. The van der Waals surface area contributed by atoms with Crippen LogP contribution >= 0.6 is 23.4 Å². The van der Waals surface area contributed by atoms with Gasteiger partial charge in [0.1, 0.15) is 6.04 Å². The molecular formula is C23H29ClF3NO5S2. The van der Waals surface area contributed by atoms with E-state index in [1.807, 2.05) is 13.8 Å². The summed E-state index contributed by atoms with van der Waals surface area (Å²) in [5.74, 6) is -1.01. The number of aliphatic hydroxyl groups is 1. The summed E-state index contributed by atoms with van der Waals surface area (Å²) in [6.07, 6.45) is -4.45. The van der Waals surface area contributed by atoms with Gasteiger partial charge in [-0.05, 0) is 47.6 Å². The Bertz CT molecular complexity index is 1100. The number of hydrogen-bond acceptors (Lipinski definition) is 6. The second-order valence-electron chi connectivity index (χ2n) is 7.44. The van der Waals surface area contributed by atoms with Crippen LogP contribution in [0.5, 0.6) is 0 Å². The lowest BCUT2D eigenvalue weighted by Crippen LogP contribution is -2.42. The van der Waals surface area contributed by atoms with Crippen molar-refractivity contribution in [3.63, 3.8) is 0 Å². The van der Waals surface area contributed by atoms with Gasteiger partial charge in [-0.25, -0.2) is 8.42 Å². The number of rotatable bonds is 10. The molecule has 0 fully saturated rings. The molecule has 2 aromatic carbocycles. The molecular weight excluding hydrogens is 527 g/mol. The molecule has 2 atom stereocenters. The molecule has 35 heavy (non-hydrogen) atoms. The summed E-state index contributed by atoms with van der Waals surface area (Å²) in [7, 11) is -3.47. The largest absolute Gasteiger partial charge is 0.480 e. The standard InChI is InChI=1S/C21H23ClF3NO5S2.C2H6/c1-33(30,31)15-6-7-16(17(22)12-15)13-2-4-14(5-3-13)20(29,21(23,24)25)9-11-32-10-8-18(26)19(27)28;1-2/h2-7,12,18,29H,8-11,26H2,1H3,(H,27,28);1-2H3. The number of carbonyl (C=O) groups is 1. The first kappa shape index (κ1) is 31.2. The van der Waals surface area contributed by atoms with Crippen LogP contribution in [0.2, 0.25) is 5.02 Å². The molecule has 2 rings (SSSR count). The zero-order valence-electron chi connectivity index (χ0n) is 19.5. The lowest BCUT2D eigenvalue weighted by molar-refractivity contribution is -0.267. The summed E-state index contributed by atoms with van der Waals surface area (Å²) in [5, 5.41) is 19.4. The van der Waals surface area contributed by atoms with Crippen LogP contribution in [0.25, 0.3) is 11.1 Å². The minimum atomic E-state index is -4.94. The van der Waals surface area contributed by atoms with Gasteiger partial charge in [-0.15, -0.1) is 0 Å². The number of nitrogens with two attached hydrogens (primary N) is 1. The van der Waals surface area contributed by atoms with E-state index in [1.165, 1.54) is 30.3 Å². The molecule has 6 nitrogen and oxygen atoms in total. The van der Waals surface area contributed by atoms with E-state index in [4.69, 9.17) is 22.4 Å². The number of carboxylic acid groups (broad SMARTS) is 1. The third-order valence-electron chi connectivity index (χ3n) is 5.01. The fourth-order valence-corrected chi connectivity index (χ4v) is 5.06. The molecule has 0 bridgehead atoms. The van der Waals surface area contributed by atoms with E-state index >= 15 is 0 Å². The molecule has 0 saturated carbocycles. The van der Waals surface area contributed by atoms with E-state index in [9.17, 15) is 31.5 Å². The number of hydrogen-bond donors (Lipinski definition) is 3. The first-order valence-electron chi connectivity index (χ1n) is 10.6. The highest BCUT2D eigenvalue weighted by Gasteiger charge is 2.54. The Morgan fingerprint density at radius 1 is 1.11 bits per heavy atom. The van der Waals surface area contributed by atoms with Crippen molar-refractivity contribution in [2.45, 2.75) is 49.4 Å². The van der Waals surface area contributed by atoms with Crippen LogP contribution in [0.15, 0.2) is 47.4 Å². The number of sulfone groups is 1. The predicted molar refractivity (Wildman–Crippen MR) is 133 cm³/mol. The van der Waals surface area contributed by atoms with Gasteiger partial charge in [-0.2, -0.15) is 24.9 Å².